The summed E-state index contributed by atoms with van der Waals surface area (Å²) in [4.78, 5) is 22.5. The van der Waals surface area contributed by atoms with Gasteiger partial charge < -0.3 is 10.2 Å². The minimum atomic E-state index is -0.310. The number of amides is 1. The van der Waals surface area contributed by atoms with Gasteiger partial charge in [0, 0.05) is 19.2 Å². The van der Waals surface area contributed by atoms with Crippen LogP contribution in [-0.4, -0.2) is 29.0 Å². The summed E-state index contributed by atoms with van der Waals surface area (Å²) in [5.41, 5.74) is 0.757. The van der Waals surface area contributed by atoms with Crippen molar-refractivity contribution in [3.05, 3.63) is 48.0 Å². The third-order valence-electron chi connectivity index (χ3n) is 3.63. The maximum Gasteiger partial charge on any atom is 0.229 e. The highest BCUT2D eigenvalue weighted by Crippen LogP contribution is 2.19. The Labute approximate surface area is 128 Å². The van der Waals surface area contributed by atoms with Crippen molar-refractivity contribution < 1.29 is 9.18 Å². The maximum atomic E-state index is 12.8. The first-order chi connectivity index (χ1) is 10.7. The van der Waals surface area contributed by atoms with Gasteiger partial charge >= 0.3 is 0 Å². The molecule has 1 aromatic heterocycles. The lowest BCUT2D eigenvalue weighted by molar-refractivity contribution is -0.115. The average Bonchev–Trinajstić information content (AvgIpc) is 3.04. The first kappa shape index (κ1) is 14.4. The van der Waals surface area contributed by atoms with Gasteiger partial charge in [0.15, 0.2) is 0 Å². The molecule has 6 heteroatoms. The number of benzene rings is 1. The van der Waals surface area contributed by atoms with Crippen molar-refractivity contribution in [1.82, 2.24) is 9.97 Å². The molecule has 5 nitrogen and oxygen atoms in total. The first-order valence-electron chi connectivity index (χ1n) is 7.32. The smallest absolute Gasteiger partial charge is 0.229 e. The molecule has 0 spiro atoms. The Bertz CT molecular complexity index is 653. The lowest BCUT2D eigenvalue weighted by atomic mass is 10.1. The quantitative estimate of drug-likeness (QED) is 0.942. The number of aromatic nitrogens is 2. The molecule has 0 radical (unpaired) electrons. The Morgan fingerprint density at radius 2 is 1.91 bits per heavy atom. The fraction of sp³-hybridized carbons (Fsp3) is 0.312. The molecule has 3 rings (SSSR count). The maximum absolute atomic E-state index is 12.8. The monoisotopic (exact) mass is 300 g/mol. The molecule has 0 bridgehead atoms. The Morgan fingerprint density at radius 1 is 1.18 bits per heavy atom. The molecule has 22 heavy (non-hydrogen) atoms. The van der Waals surface area contributed by atoms with E-state index in [1.165, 1.54) is 18.5 Å². The van der Waals surface area contributed by atoms with Crippen molar-refractivity contribution in [2.75, 3.05) is 23.3 Å². The van der Waals surface area contributed by atoms with Crippen LogP contribution >= 0.6 is 0 Å². The van der Waals surface area contributed by atoms with Crippen LogP contribution in [0.2, 0.25) is 0 Å². The van der Waals surface area contributed by atoms with E-state index in [2.05, 4.69) is 20.2 Å². The lowest BCUT2D eigenvalue weighted by Crippen LogP contribution is -2.20. The van der Waals surface area contributed by atoms with Crippen molar-refractivity contribution in [1.29, 1.82) is 0 Å². The number of hydrogen-bond donors (Lipinski definition) is 1. The highest BCUT2D eigenvalue weighted by molar-refractivity contribution is 5.91. The summed E-state index contributed by atoms with van der Waals surface area (Å²) < 4.78 is 12.8. The van der Waals surface area contributed by atoms with Crippen molar-refractivity contribution in [3.63, 3.8) is 0 Å². The average molecular weight is 300 g/mol. The Morgan fingerprint density at radius 3 is 2.64 bits per heavy atom. The fourth-order valence-electron chi connectivity index (χ4n) is 2.51. The van der Waals surface area contributed by atoms with Crippen LogP contribution in [0.1, 0.15) is 18.4 Å². The molecule has 0 aliphatic carbocycles. The molecule has 2 heterocycles. The van der Waals surface area contributed by atoms with E-state index in [4.69, 9.17) is 0 Å². The Kier molecular flexibility index (Phi) is 4.27. The van der Waals surface area contributed by atoms with Crippen molar-refractivity contribution in [2.45, 2.75) is 19.3 Å². The summed E-state index contributed by atoms with van der Waals surface area (Å²) in [7, 11) is 0. The normalized spacial score (nSPS) is 14.1. The van der Waals surface area contributed by atoms with Crippen LogP contribution in [0.3, 0.4) is 0 Å². The van der Waals surface area contributed by atoms with Gasteiger partial charge in [0.2, 0.25) is 5.91 Å². The van der Waals surface area contributed by atoms with Gasteiger partial charge in [-0.3, -0.25) is 4.79 Å². The van der Waals surface area contributed by atoms with Gasteiger partial charge in [0.05, 0.1) is 6.42 Å². The van der Waals surface area contributed by atoms with Crippen LogP contribution in [-0.2, 0) is 11.2 Å². The molecule has 0 unspecified atom stereocenters. The summed E-state index contributed by atoms with van der Waals surface area (Å²) in [6.07, 6.45) is 3.97. The SMILES string of the molecule is O=C(Cc1ccc(F)cc1)Nc1cc(N2CCCC2)ncn1. The van der Waals surface area contributed by atoms with Gasteiger partial charge in [0.1, 0.15) is 23.8 Å². The van der Waals surface area contributed by atoms with E-state index >= 15 is 0 Å². The van der Waals surface area contributed by atoms with E-state index in [9.17, 15) is 9.18 Å². The zero-order chi connectivity index (χ0) is 15.4. The summed E-state index contributed by atoms with van der Waals surface area (Å²) in [6.45, 7) is 1.97. The molecule has 1 aromatic carbocycles. The number of rotatable bonds is 4. The van der Waals surface area contributed by atoms with Crippen LogP contribution in [0.5, 0.6) is 0 Å². The molecular weight excluding hydrogens is 283 g/mol. The summed E-state index contributed by atoms with van der Waals surface area (Å²) in [5.74, 6) is 0.835. The van der Waals surface area contributed by atoms with E-state index in [1.807, 2.05) is 0 Å². The van der Waals surface area contributed by atoms with Gasteiger partial charge in [-0.15, -0.1) is 0 Å². The standard InChI is InChI=1S/C16H17FN4O/c17-13-5-3-12(4-6-13)9-16(22)20-14-10-15(19-11-18-14)21-7-1-2-8-21/h3-6,10-11H,1-2,7-9H2,(H,18,19,20,22). The molecular formula is C16H17FN4O. The number of halogens is 1. The van der Waals surface area contributed by atoms with Crippen LogP contribution in [0.15, 0.2) is 36.7 Å². The third kappa shape index (κ3) is 3.58. The van der Waals surface area contributed by atoms with Crippen LogP contribution in [0.25, 0.3) is 0 Å². The molecule has 0 atom stereocenters. The number of carbonyl (C=O) groups is 1. The minimum Gasteiger partial charge on any atom is -0.356 e. The van der Waals surface area contributed by atoms with Gasteiger partial charge in [-0.05, 0) is 30.5 Å². The van der Waals surface area contributed by atoms with Gasteiger partial charge in [-0.1, -0.05) is 12.1 Å². The second kappa shape index (κ2) is 6.51. The number of nitrogens with one attached hydrogen (secondary N) is 1. The number of carbonyl (C=O) groups excluding carboxylic acids is 1. The molecule has 1 amide bonds. The highest BCUT2D eigenvalue weighted by Gasteiger charge is 2.14. The largest absolute Gasteiger partial charge is 0.356 e. The first-order valence-corrected chi connectivity index (χ1v) is 7.32. The van der Waals surface area contributed by atoms with Crippen LogP contribution < -0.4 is 10.2 Å². The number of nitrogens with zero attached hydrogens (tertiary/aromatic N) is 3. The number of hydrogen-bond acceptors (Lipinski definition) is 4. The molecule has 114 valence electrons. The third-order valence-corrected chi connectivity index (χ3v) is 3.63. The van der Waals surface area contributed by atoms with E-state index in [1.54, 1.807) is 18.2 Å². The highest BCUT2D eigenvalue weighted by atomic mass is 19.1. The van der Waals surface area contributed by atoms with E-state index in [0.717, 1.165) is 37.3 Å². The molecule has 2 aromatic rings. The van der Waals surface area contributed by atoms with Crippen molar-refractivity contribution in [3.8, 4) is 0 Å². The lowest BCUT2D eigenvalue weighted by Gasteiger charge is -2.16. The predicted octanol–water partition coefficient (Wildman–Crippen LogP) is 2.40. The molecule has 1 fully saturated rings. The Hall–Kier alpha value is -2.50. The summed E-state index contributed by atoms with van der Waals surface area (Å²) in [6, 6.07) is 7.68. The summed E-state index contributed by atoms with van der Waals surface area (Å²) in [5, 5.41) is 2.76. The Balaban J connectivity index is 1.63. The van der Waals surface area contributed by atoms with Crippen LogP contribution in [0, 0.1) is 5.82 Å². The van der Waals surface area contributed by atoms with Gasteiger partial charge in [-0.25, -0.2) is 14.4 Å². The zero-order valence-electron chi connectivity index (χ0n) is 12.1. The summed E-state index contributed by atoms with van der Waals surface area (Å²) >= 11 is 0. The van der Waals surface area contributed by atoms with Gasteiger partial charge in [0.25, 0.3) is 0 Å². The minimum absolute atomic E-state index is 0.183. The van der Waals surface area contributed by atoms with E-state index in [0.29, 0.717) is 5.82 Å². The fourth-order valence-corrected chi connectivity index (χ4v) is 2.51. The second-order valence-corrected chi connectivity index (χ2v) is 5.31. The zero-order valence-corrected chi connectivity index (χ0v) is 12.1. The molecule has 0 saturated carbocycles. The van der Waals surface area contributed by atoms with Crippen LogP contribution in [0.4, 0.5) is 16.0 Å². The van der Waals surface area contributed by atoms with E-state index < -0.39 is 0 Å². The molecule has 1 aliphatic heterocycles. The predicted molar refractivity (Wildman–Crippen MR) is 82.2 cm³/mol. The molecule has 1 N–H and O–H groups in total. The number of anilines is 2. The van der Waals surface area contributed by atoms with Crippen molar-refractivity contribution >= 4 is 17.5 Å². The van der Waals surface area contributed by atoms with E-state index in [-0.39, 0.29) is 18.1 Å². The second-order valence-electron chi connectivity index (χ2n) is 5.31. The van der Waals surface area contributed by atoms with Crippen molar-refractivity contribution in [2.24, 2.45) is 0 Å². The molecule has 1 aliphatic rings. The van der Waals surface area contributed by atoms with Gasteiger partial charge in [-0.2, -0.15) is 0 Å². The topological polar surface area (TPSA) is 58.1 Å². The molecule has 1 saturated heterocycles.